The van der Waals surface area contributed by atoms with Gasteiger partial charge in [-0.2, -0.15) is 0 Å². The Morgan fingerprint density at radius 3 is 2.33 bits per heavy atom. The summed E-state index contributed by atoms with van der Waals surface area (Å²) in [6.07, 6.45) is 4.76. The summed E-state index contributed by atoms with van der Waals surface area (Å²) in [6, 6.07) is 46.6. The van der Waals surface area contributed by atoms with Crippen LogP contribution in [-0.4, -0.2) is 14.5 Å². The van der Waals surface area contributed by atoms with E-state index in [0.717, 1.165) is 51.6 Å². The fraction of sp³-hybridized carbons (Fsp3) is 0.0476. The topological polar surface area (TPSA) is 39.9 Å². The van der Waals surface area contributed by atoms with Crippen LogP contribution in [0.3, 0.4) is 0 Å². The van der Waals surface area contributed by atoms with E-state index in [9.17, 15) is 0 Å². The highest BCUT2D eigenvalue weighted by atomic mass is 16.5. The van der Waals surface area contributed by atoms with Crippen molar-refractivity contribution in [3.8, 4) is 50.8 Å². The van der Waals surface area contributed by atoms with Crippen molar-refractivity contribution >= 4 is 21.8 Å². The van der Waals surface area contributed by atoms with Crippen molar-refractivity contribution in [1.82, 2.24) is 14.5 Å². The number of aromatic nitrogens is 3. The van der Waals surface area contributed by atoms with Gasteiger partial charge in [-0.05, 0) is 101 Å². The summed E-state index contributed by atoms with van der Waals surface area (Å²) in [5.41, 5.74) is 13.0. The quantitative estimate of drug-likeness (QED) is 0.200. The van der Waals surface area contributed by atoms with Crippen LogP contribution in [0.5, 0.6) is 11.5 Å². The largest absolute Gasteiger partial charge is 0.457 e. The summed E-state index contributed by atoms with van der Waals surface area (Å²) < 4.78 is 8.82. The SMILES string of the molecule is Cc1cnc(-c2cccc(Oc3ccc4c5c6c(ccc5n(-c5ccccn5)c4c3)Cc3ccccc3-6)c2)cc1-c1ccccc1. The van der Waals surface area contributed by atoms with Gasteiger partial charge in [-0.1, -0.05) is 78.9 Å². The van der Waals surface area contributed by atoms with Crippen molar-refractivity contribution in [2.75, 3.05) is 0 Å². The highest BCUT2D eigenvalue weighted by molar-refractivity contribution is 6.17. The lowest BCUT2D eigenvalue weighted by molar-refractivity contribution is 0.483. The second-order valence-corrected chi connectivity index (χ2v) is 11.9. The van der Waals surface area contributed by atoms with Crippen LogP contribution in [-0.2, 0) is 6.42 Å². The zero-order valence-corrected chi connectivity index (χ0v) is 25.3. The van der Waals surface area contributed by atoms with Gasteiger partial charge in [0.2, 0.25) is 0 Å². The summed E-state index contributed by atoms with van der Waals surface area (Å²) in [7, 11) is 0. The Morgan fingerprint density at radius 1 is 0.609 bits per heavy atom. The van der Waals surface area contributed by atoms with E-state index >= 15 is 0 Å². The van der Waals surface area contributed by atoms with Gasteiger partial charge in [-0.25, -0.2) is 4.98 Å². The number of benzene rings is 5. The van der Waals surface area contributed by atoms with Gasteiger partial charge in [0.25, 0.3) is 0 Å². The Hall–Kier alpha value is -6.00. The first-order valence-electron chi connectivity index (χ1n) is 15.6. The maximum Gasteiger partial charge on any atom is 0.137 e. The molecule has 0 bridgehead atoms. The molecule has 3 heterocycles. The van der Waals surface area contributed by atoms with Gasteiger partial charge in [0, 0.05) is 34.8 Å². The molecule has 9 rings (SSSR count). The molecule has 218 valence electrons. The first-order valence-corrected chi connectivity index (χ1v) is 15.6. The van der Waals surface area contributed by atoms with Crippen LogP contribution >= 0.6 is 0 Å². The first-order chi connectivity index (χ1) is 22.7. The lowest BCUT2D eigenvalue weighted by Crippen LogP contribution is -1.97. The molecule has 5 aromatic carbocycles. The van der Waals surface area contributed by atoms with Crippen LogP contribution in [0.25, 0.3) is 61.1 Å². The van der Waals surface area contributed by atoms with Gasteiger partial charge in [0.05, 0.1) is 16.7 Å². The van der Waals surface area contributed by atoms with E-state index in [1.807, 2.05) is 42.7 Å². The predicted octanol–water partition coefficient (Wildman–Crippen LogP) is 10.6. The minimum absolute atomic E-state index is 0.760. The lowest BCUT2D eigenvalue weighted by Gasteiger charge is -2.11. The standard InChI is InChI=1S/C42H29N3O/c1-27-26-44-37(25-36(27)28-10-3-2-4-11-28)30-13-9-14-32(23-30)46-33-18-19-35-39(24-33)45(40-16-7-8-21-43-40)38-20-17-31-22-29-12-5-6-15-34(29)41(31)42(35)38/h2-21,23-26H,22H2,1H3. The summed E-state index contributed by atoms with van der Waals surface area (Å²) in [4.78, 5) is 9.54. The van der Waals surface area contributed by atoms with Gasteiger partial charge < -0.3 is 4.74 Å². The maximum atomic E-state index is 6.56. The molecule has 46 heavy (non-hydrogen) atoms. The molecule has 4 heteroatoms. The Balaban J connectivity index is 1.15. The molecule has 0 aliphatic heterocycles. The molecule has 0 unspecified atom stereocenters. The number of ether oxygens (including phenoxy) is 1. The molecule has 0 N–H and O–H groups in total. The van der Waals surface area contributed by atoms with Gasteiger partial charge in [0.1, 0.15) is 17.3 Å². The van der Waals surface area contributed by atoms with Gasteiger partial charge in [0.15, 0.2) is 0 Å². The molecule has 4 nitrogen and oxygen atoms in total. The smallest absolute Gasteiger partial charge is 0.137 e. The number of hydrogen-bond donors (Lipinski definition) is 0. The number of fused-ring (bicyclic) bond motifs is 7. The molecular weight excluding hydrogens is 562 g/mol. The molecule has 0 atom stereocenters. The first kappa shape index (κ1) is 26.4. The Morgan fingerprint density at radius 2 is 1.43 bits per heavy atom. The van der Waals surface area contributed by atoms with Crippen LogP contribution in [0.4, 0.5) is 0 Å². The minimum atomic E-state index is 0.760. The third-order valence-electron chi connectivity index (χ3n) is 9.09. The Labute approximate surface area is 267 Å². The molecule has 3 aromatic heterocycles. The number of hydrogen-bond acceptors (Lipinski definition) is 3. The lowest BCUT2D eigenvalue weighted by atomic mass is 9.99. The van der Waals surface area contributed by atoms with E-state index in [1.165, 1.54) is 44.2 Å². The second kappa shape index (κ2) is 10.6. The monoisotopic (exact) mass is 591 g/mol. The third-order valence-corrected chi connectivity index (χ3v) is 9.09. The molecule has 0 spiro atoms. The molecule has 0 saturated heterocycles. The van der Waals surface area contributed by atoms with E-state index in [1.54, 1.807) is 0 Å². The van der Waals surface area contributed by atoms with Gasteiger partial charge in [-0.15, -0.1) is 0 Å². The highest BCUT2D eigenvalue weighted by Gasteiger charge is 2.25. The van der Waals surface area contributed by atoms with Crippen molar-refractivity contribution < 1.29 is 4.74 Å². The van der Waals surface area contributed by atoms with Crippen LogP contribution in [0, 0.1) is 6.92 Å². The van der Waals surface area contributed by atoms with Crippen LogP contribution < -0.4 is 4.74 Å². The van der Waals surface area contributed by atoms with Crippen molar-refractivity contribution in [3.05, 3.63) is 163 Å². The van der Waals surface area contributed by atoms with E-state index in [0.29, 0.717) is 0 Å². The molecule has 0 saturated carbocycles. The van der Waals surface area contributed by atoms with Crippen molar-refractivity contribution in [2.24, 2.45) is 0 Å². The molecule has 1 aliphatic carbocycles. The normalized spacial score (nSPS) is 11.9. The molecule has 0 fully saturated rings. The number of pyridine rings is 2. The van der Waals surface area contributed by atoms with Crippen molar-refractivity contribution in [2.45, 2.75) is 13.3 Å². The zero-order valence-electron chi connectivity index (χ0n) is 25.3. The predicted molar refractivity (Wildman–Crippen MR) is 187 cm³/mol. The summed E-state index contributed by atoms with van der Waals surface area (Å²) in [6.45, 7) is 2.10. The highest BCUT2D eigenvalue weighted by Crippen LogP contribution is 2.46. The number of aryl methyl sites for hydroxylation is 1. The zero-order chi connectivity index (χ0) is 30.6. The van der Waals surface area contributed by atoms with E-state index in [-0.39, 0.29) is 0 Å². The summed E-state index contributed by atoms with van der Waals surface area (Å²) in [5.74, 6) is 2.41. The summed E-state index contributed by atoms with van der Waals surface area (Å²) in [5, 5.41) is 2.45. The van der Waals surface area contributed by atoms with Crippen molar-refractivity contribution in [3.63, 3.8) is 0 Å². The van der Waals surface area contributed by atoms with E-state index in [4.69, 9.17) is 14.7 Å². The molecule has 8 aromatic rings. The average Bonchev–Trinajstić information content (AvgIpc) is 3.64. The Bertz CT molecular complexity index is 2430. The average molecular weight is 592 g/mol. The number of nitrogens with zero attached hydrogens (tertiary/aromatic N) is 3. The van der Waals surface area contributed by atoms with Crippen molar-refractivity contribution in [1.29, 1.82) is 0 Å². The third kappa shape index (κ3) is 4.30. The summed E-state index contributed by atoms with van der Waals surface area (Å²) >= 11 is 0. The fourth-order valence-corrected chi connectivity index (χ4v) is 6.97. The molecule has 0 amide bonds. The van der Waals surface area contributed by atoms with Crippen LogP contribution in [0.15, 0.2) is 146 Å². The van der Waals surface area contributed by atoms with Crippen LogP contribution in [0.1, 0.15) is 16.7 Å². The van der Waals surface area contributed by atoms with E-state index in [2.05, 4.69) is 115 Å². The minimum Gasteiger partial charge on any atom is -0.457 e. The van der Waals surface area contributed by atoms with E-state index < -0.39 is 0 Å². The maximum absolute atomic E-state index is 6.56. The molecular formula is C42H29N3O. The van der Waals surface area contributed by atoms with Gasteiger partial charge >= 0.3 is 0 Å². The number of rotatable bonds is 5. The molecule has 1 aliphatic rings. The van der Waals surface area contributed by atoms with Gasteiger partial charge in [-0.3, -0.25) is 9.55 Å². The fourth-order valence-electron chi connectivity index (χ4n) is 6.97. The second-order valence-electron chi connectivity index (χ2n) is 11.9. The van der Waals surface area contributed by atoms with Crippen LogP contribution in [0.2, 0.25) is 0 Å². The Kier molecular flexibility index (Phi) is 6.07. The molecule has 0 radical (unpaired) electrons.